The number of hydrogen-bond acceptors (Lipinski definition) is 9. The Hall–Kier alpha value is -3.64. The van der Waals surface area contributed by atoms with Crippen molar-refractivity contribution < 1.29 is 27.3 Å². The SMILES string of the molecule is C[C@H](NS(=O)(=O)c1ccccc1)C(=O)OCc1nnc(-c2ccc([N+](=O)[O-])cc2)o1. The summed E-state index contributed by atoms with van der Waals surface area (Å²) in [4.78, 5) is 22.3. The zero-order chi connectivity index (χ0) is 21.7. The van der Waals surface area contributed by atoms with Crippen LogP contribution in [0.25, 0.3) is 11.5 Å². The van der Waals surface area contributed by atoms with Crippen LogP contribution in [0.15, 0.2) is 63.9 Å². The summed E-state index contributed by atoms with van der Waals surface area (Å²) in [5, 5.41) is 18.2. The van der Waals surface area contributed by atoms with Gasteiger partial charge in [0.25, 0.3) is 11.6 Å². The molecule has 1 heterocycles. The molecule has 1 aromatic heterocycles. The van der Waals surface area contributed by atoms with Crippen LogP contribution in [0, 0.1) is 10.1 Å². The molecule has 1 N–H and O–H groups in total. The number of nitrogens with one attached hydrogen (secondary N) is 1. The fourth-order valence-corrected chi connectivity index (χ4v) is 3.57. The van der Waals surface area contributed by atoms with Crippen molar-refractivity contribution in [2.24, 2.45) is 0 Å². The van der Waals surface area contributed by atoms with Crippen molar-refractivity contribution in [3.8, 4) is 11.5 Å². The Morgan fingerprint density at radius 1 is 1.17 bits per heavy atom. The van der Waals surface area contributed by atoms with Crippen LogP contribution < -0.4 is 4.72 Å². The first-order valence-electron chi connectivity index (χ1n) is 8.57. The number of nitro benzene ring substituents is 1. The largest absolute Gasteiger partial charge is 0.454 e. The molecule has 1 atom stereocenters. The van der Waals surface area contributed by atoms with Crippen LogP contribution in [-0.2, 0) is 26.2 Å². The zero-order valence-corrected chi connectivity index (χ0v) is 16.4. The lowest BCUT2D eigenvalue weighted by molar-refractivity contribution is -0.384. The summed E-state index contributed by atoms with van der Waals surface area (Å²) >= 11 is 0. The summed E-state index contributed by atoms with van der Waals surface area (Å²) in [5.41, 5.74) is 0.369. The minimum Gasteiger partial charge on any atom is -0.454 e. The number of nitro groups is 1. The monoisotopic (exact) mass is 432 g/mol. The van der Waals surface area contributed by atoms with Crippen molar-refractivity contribution >= 4 is 21.7 Å². The van der Waals surface area contributed by atoms with Crippen LogP contribution in [-0.4, -0.2) is 35.5 Å². The van der Waals surface area contributed by atoms with Gasteiger partial charge >= 0.3 is 5.97 Å². The number of non-ortho nitro benzene ring substituents is 1. The van der Waals surface area contributed by atoms with E-state index in [9.17, 15) is 23.3 Å². The van der Waals surface area contributed by atoms with Crippen molar-refractivity contribution in [1.29, 1.82) is 0 Å². The maximum absolute atomic E-state index is 12.2. The molecule has 0 saturated heterocycles. The molecule has 12 heteroatoms. The molecule has 0 fully saturated rings. The number of carbonyl (C=O) groups excluding carboxylic acids is 1. The van der Waals surface area contributed by atoms with Gasteiger partial charge < -0.3 is 9.15 Å². The van der Waals surface area contributed by atoms with Gasteiger partial charge in [-0.15, -0.1) is 10.2 Å². The van der Waals surface area contributed by atoms with E-state index in [1.165, 1.54) is 43.3 Å². The quantitative estimate of drug-likeness (QED) is 0.320. The molecular formula is C18H16N4O7S. The van der Waals surface area contributed by atoms with E-state index in [4.69, 9.17) is 9.15 Å². The second-order valence-corrected chi connectivity index (χ2v) is 7.78. The number of carbonyl (C=O) groups is 1. The molecule has 0 amide bonds. The van der Waals surface area contributed by atoms with E-state index in [0.717, 1.165) is 0 Å². The number of esters is 1. The van der Waals surface area contributed by atoms with E-state index in [0.29, 0.717) is 5.56 Å². The predicted molar refractivity (Wildman–Crippen MR) is 102 cm³/mol. The Labute approximate surface area is 170 Å². The Kier molecular flexibility index (Phi) is 6.18. The molecule has 0 saturated carbocycles. The van der Waals surface area contributed by atoms with Crippen molar-refractivity contribution in [1.82, 2.24) is 14.9 Å². The topological polar surface area (TPSA) is 155 Å². The van der Waals surface area contributed by atoms with E-state index in [1.54, 1.807) is 18.2 Å². The molecule has 156 valence electrons. The summed E-state index contributed by atoms with van der Waals surface area (Å²) in [6.07, 6.45) is 0. The van der Waals surface area contributed by atoms with E-state index in [2.05, 4.69) is 14.9 Å². The van der Waals surface area contributed by atoms with Gasteiger partial charge in [0.15, 0.2) is 6.61 Å². The van der Waals surface area contributed by atoms with E-state index < -0.39 is 27.0 Å². The first kappa shape index (κ1) is 21.1. The summed E-state index contributed by atoms with van der Waals surface area (Å²) in [7, 11) is -3.88. The van der Waals surface area contributed by atoms with Crippen LogP contribution in [0.5, 0.6) is 0 Å². The lowest BCUT2D eigenvalue weighted by Gasteiger charge is -2.13. The van der Waals surface area contributed by atoms with Crippen LogP contribution in [0.1, 0.15) is 12.8 Å². The Balaban J connectivity index is 1.58. The number of rotatable bonds is 8. The summed E-state index contributed by atoms with van der Waals surface area (Å²) in [6, 6.07) is 11.9. The maximum Gasteiger partial charge on any atom is 0.324 e. The summed E-state index contributed by atoms with van der Waals surface area (Å²) < 4.78 is 37.1. The molecule has 3 aromatic rings. The predicted octanol–water partition coefficient (Wildman–Crippen LogP) is 2.05. The molecular weight excluding hydrogens is 416 g/mol. The van der Waals surface area contributed by atoms with Crippen LogP contribution in [0.3, 0.4) is 0 Å². The lowest BCUT2D eigenvalue weighted by Crippen LogP contribution is -2.39. The normalized spacial score (nSPS) is 12.3. The van der Waals surface area contributed by atoms with E-state index in [-0.39, 0.29) is 29.0 Å². The summed E-state index contributed by atoms with van der Waals surface area (Å²) in [6.45, 7) is 0.981. The average Bonchev–Trinajstić information content (AvgIpc) is 3.21. The van der Waals surface area contributed by atoms with Gasteiger partial charge in [-0.3, -0.25) is 14.9 Å². The molecule has 0 bridgehead atoms. The van der Waals surface area contributed by atoms with Gasteiger partial charge in [-0.1, -0.05) is 18.2 Å². The lowest BCUT2D eigenvalue weighted by atomic mass is 10.2. The highest BCUT2D eigenvalue weighted by molar-refractivity contribution is 7.89. The highest BCUT2D eigenvalue weighted by atomic mass is 32.2. The molecule has 0 aliphatic rings. The smallest absolute Gasteiger partial charge is 0.324 e. The van der Waals surface area contributed by atoms with Gasteiger partial charge in [0.05, 0.1) is 9.82 Å². The minimum absolute atomic E-state index is 0.0187. The van der Waals surface area contributed by atoms with Crippen molar-refractivity contribution in [3.63, 3.8) is 0 Å². The fraction of sp³-hybridized carbons (Fsp3) is 0.167. The molecule has 2 aromatic carbocycles. The molecule has 0 aliphatic heterocycles. The Bertz CT molecular complexity index is 1140. The molecule has 30 heavy (non-hydrogen) atoms. The maximum atomic E-state index is 12.2. The molecule has 0 radical (unpaired) electrons. The van der Waals surface area contributed by atoms with Crippen molar-refractivity contribution in [2.75, 3.05) is 0 Å². The third kappa shape index (κ3) is 5.04. The van der Waals surface area contributed by atoms with Crippen LogP contribution >= 0.6 is 0 Å². The first-order valence-corrected chi connectivity index (χ1v) is 10.1. The van der Waals surface area contributed by atoms with Gasteiger partial charge in [-0.2, -0.15) is 4.72 Å². The highest BCUT2D eigenvalue weighted by Crippen LogP contribution is 2.21. The Morgan fingerprint density at radius 3 is 2.47 bits per heavy atom. The minimum atomic E-state index is -3.88. The third-order valence-corrected chi connectivity index (χ3v) is 5.43. The first-order chi connectivity index (χ1) is 14.3. The van der Waals surface area contributed by atoms with Crippen LogP contribution in [0.4, 0.5) is 5.69 Å². The van der Waals surface area contributed by atoms with Gasteiger partial charge in [0, 0.05) is 17.7 Å². The highest BCUT2D eigenvalue weighted by Gasteiger charge is 2.23. The molecule has 0 aliphatic carbocycles. The van der Waals surface area contributed by atoms with Gasteiger partial charge in [-0.05, 0) is 31.2 Å². The molecule has 3 rings (SSSR count). The second kappa shape index (κ2) is 8.80. The average molecular weight is 432 g/mol. The number of sulfonamides is 1. The number of benzene rings is 2. The standard InChI is InChI=1S/C18H16N4O7S/c1-12(21-30(26,27)15-5-3-2-4-6-15)18(23)28-11-16-19-20-17(29-16)13-7-9-14(10-8-13)22(24)25/h2-10,12,21H,11H2,1H3/t12-/m0/s1. The number of hydrogen-bond donors (Lipinski definition) is 1. The van der Waals surface area contributed by atoms with Crippen LogP contribution in [0.2, 0.25) is 0 Å². The molecule has 11 nitrogen and oxygen atoms in total. The third-order valence-electron chi connectivity index (χ3n) is 3.87. The van der Waals surface area contributed by atoms with Gasteiger partial charge in [-0.25, -0.2) is 8.42 Å². The second-order valence-electron chi connectivity index (χ2n) is 6.07. The van der Waals surface area contributed by atoms with E-state index in [1.807, 2.05) is 0 Å². The number of aromatic nitrogens is 2. The zero-order valence-electron chi connectivity index (χ0n) is 15.6. The molecule has 0 unspecified atom stereocenters. The van der Waals surface area contributed by atoms with Gasteiger partial charge in [0.2, 0.25) is 15.9 Å². The molecule has 0 spiro atoms. The summed E-state index contributed by atoms with van der Waals surface area (Å²) in [5.74, 6) is -0.756. The fourth-order valence-electron chi connectivity index (χ4n) is 2.36. The number of nitrogens with zero attached hydrogens (tertiary/aromatic N) is 3. The Morgan fingerprint density at radius 2 is 1.83 bits per heavy atom. The number of ether oxygens (including phenoxy) is 1. The van der Waals surface area contributed by atoms with Gasteiger partial charge in [0.1, 0.15) is 6.04 Å². The van der Waals surface area contributed by atoms with Crippen molar-refractivity contribution in [3.05, 3.63) is 70.6 Å². The van der Waals surface area contributed by atoms with E-state index >= 15 is 0 Å². The van der Waals surface area contributed by atoms with Crippen molar-refractivity contribution in [2.45, 2.75) is 24.5 Å².